The summed E-state index contributed by atoms with van der Waals surface area (Å²) in [6, 6.07) is 6.80. The molecule has 1 atom stereocenters. The number of benzene rings is 1. The van der Waals surface area contributed by atoms with E-state index < -0.39 is 12.1 Å². The molecule has 0 spiro atoms. The molecule has 1 rings (SSSR count). The molecule has 1 aromatic rings. The van der Waals surface area contributed by atoms with Crippen molar-refractivity contribution >= 4 is 23.3 Å². The zero-order valence-electron chi connectivity index (χ0n) is 10.8. The van der Waals surface area contributed by atoms with E-state index in [1.54, 1.807) is 29.2 Å². The number of nitrogens with zero attached hydrogens (tertiary/aromatic N) is 1. The summed E-state index contributed by atoms with van der Waals surface area (Å²) in [4.78, 5) is 12.4. The van der Waals surface area contributed by atoms with E-state index in [0.29, 0.717) is 17.3 Å². The lowest BCUT2D eigenvalue weighted by Crippen LogP contribution is -2.38. The molecular weight excluding hydrogens is 270 g/mol. The zero-order chi connectivity index (χ0) is 14.3. The Labute approximate surface area is 117 Å². The Morgan fingerprint density at radius 1 is 1.42 bits per heavy atom. The highest BCUT2D eigenvalue weighted by molar-refractivity contribution is 6.30. The second-order valence-electron chi connectivity index (χ2n) is 4.06. The van der Waals surface area contributed by atoms with Crippen LogP contribution in [-0.2, 0) is 9.53 Å². The monoisotopic (exact) mass is 287 g/mol. The van der Waals surface area contributed by atoms with Crippen molar-refractivity contribution in [2.45, 2.75) is 13.0 Å². The highest BCUT2D eigenvalue weighted by Gasteiger charge is 2.15. The van der Waals surface area contributed by atoms with Crippen molar-refractivity contribution in [1.29, 1.82) is 0 Å². The highest BCUT2D eigenvalue weighted by Crippen LogP contribution is 2.18. The summed E-state index contributed by atoms with van der Waals surface area (Å²) in [7, 11) is 0. The van der Waals surface area contributed by atoms with Crippen LogP contribution in [0.3, 0.4) is 0 Å². The van der Waals surface area contributed by atoms with E-state index >= 15 is 0 Å². The molecule has 2 N–H and O–H groups in total. The van der Waals surface area contributed by atoms with Crippen LogP contribution in [-0.4, -0.2) is 48.6 Å². The van der Waals surface area contributed by atoms with E-state index in [1.165, 1.54) is 0 Å². The maximum absolute atomic E-state index is 10.9. The van der Waals surface area contributed by atoms with Crippen LogP contribution < -0.4 is 4.90 Å². The maximum Gasteiger partial charge on any atom is 0.323 e. The van der Waals surface area contributed by atoms with Crippen LogP contribution in [0.4, 0.5) is 5.69 Å². The van der Waals surface area contributed by atoms with Gasteiger partial charge in [0.05, 0.1) is 12.7 Å². The third-order valence-electron chi connectivity index (χ3n) is 2.46. The first-order valence-corrected chi connectivity index (χ1v) is 6.38. The fourth-order valence-electron chi connectivity index (χ4n) is 1.64. The van der Waals surface area contributed by atoms with Gasteiger partial charge in [0.15, 0.2) is 0 Å². The number of carbonyl (C=O) groups is 1. The van der Waals surface area contributed by atoms with Crippen LogP contribution in [0.1, 0.15) is 6.92 Å². The van der Waals surface area contributed by atoms with Gasteiger partial charge in [-0.3, -0.25) is 4.79 Å². The summed E-state index contributed by atoms with van der Waals surface area (Å²) < 4.78 is 5.11. The van der Waals surface area contributed by atoms with Crippen LogP contribution >= 0.6 is 11.6 Å². The Morgan fingerprint density at radius 3 is 2.58 bits per heavy atom. The number of aliphatic carboxylic acids is 1. The summed E-state index contributed by atoms with van der Waals surface area (Å²) in [6.45, 7) is 2.52. The molecule has 5 nitrogen and oxygen atoms in total. The summed E-state index contributed by atoms with van der Waals surface area (Å²) in [5.74, 6) is -0.960. The van der Waals surface area contributed by atoms with Gasteiger partial charge in [-0.2, -0.15) is 0 Å². The van der Waals surface area contributed by atoms with Crippen LogP contribution in [0.2, 0.25) is 5.02 Å². The Kier molecular flexibility index (Phi) is 6.62. The predicted molar refractivity (Wildman–Crippen MR) is 73.8 cm³/mol. The minimum atomic E-state index is -0.960. The summed E-state index contributed by atoms with van der Waals surface area (Å²) in [6.07, 6.45) is -0.741. The van der Waals surface area contributed by atoms with Gasteiger partial charge in [-0.25, -0.2) is 0 Å². The van der Waals surface area contributed by atoms with Crippen molar-refractivity contribution in [3.05, 3.63) is 29.3 Å². The van der Waals surface area contributed by atoms with Gasteiger partial charge in [-0.15, -0.1) is 0 Å². The first-order chi connectivity index (χ1) is 9.02. The second-order valence-corrected chi connectivity index (χ2v) is 4.50. The number of aliphatic hydroxyl groups is 1. The Bertz CT molecular complexity index is 396. The lowest BCUT2D eigenvalue weighted by atomic mass is 10.2. The van der Waals surface area contributed by atoms with Crippen LogP contribution in [0, 0.1) is 0 Å². The lowest BCUT2D eigenvalue weighted by molar-refractivity contribution is -0.135. The second kappa shape index (κ2) is 7.99. The summed E-state index contributed by atoms with van der Waals surface area (Å²) in [5, 5.41) is 19.3. The molecule has 0 heterocycles. The molecule has 106 valence electrons. The van der Waals surface area contributed by atoms with Crippen molar-refractivity contribution < 1.29 is 19.7 Å². The van der Waals surface area contributed by atoms with Gasteiger partial charge in [0, 0.05) is 23.9 Å². The van der Waals surface area contributed by atoms with Gasteiger partial charge in [0.2, 0.25) is 0 Å². The Hall–Kier alpha value is -1.30. The zero-order valence-corrected chi connectivity index (χ0v) is 11.5. The normalized spacial score (nSPS) is 12.2. The van der Waals surface area contributed by atoms with Crippen molar-refractivity contribution in [2.24, 2.45) is 0 Å². The fraction of sp³-hybridized carbons (Fsp3) is 0.462. The number of carboxylic acids is 1. The number of aliphatic hydroxyl groups excluding tert-OH is 1. The molecular formula is C13H18ClNO4. The van der Waals surface area contributed by atoms with Gasteiger partial charge < -0.3 is 19.8 Å². The van der Waals surface area contributed by atoms with Crippen LogP contribution in [0.5, 0.6) is 0 Å². The maximum atomic E-state index is 10.9. The van der Waals surface area contributed by atoms with Gasteiger partial charge in [0.1, 0.15) is 6.54 Å². The standard InChI is InChI=1S/C13H18ClNO4/c1-2-19-9-12(16)7-15(8-13(17)18)11-5-3-10(14)4-6-11/h3-6,12,16H,2,7-9H2,1H3,(H,17,18). The molecule has 1 aromatic carbocycles. The number of rotatable bonds is 8. The number of anilines is 1. The smallest absolute Gasteiger partial charge is 0.323 e. The Balaban J connectivity index is 2.71. The van der Waals surface area contributed by atoms with E-state index in [9.17, 15) is 9.90 Å². The van der Waals surface area contributed by atoms with Gasteiger partial charge in [-0.1, -0.05) is 11.6 Å². The summed E-state index contributed by atoms with van der Waals surface area (Å²) in [5.41, 5.74) is 0.697. The first-order valence-electron chi connectivity index (χ1n) is 6.01. The van der Waals surface area contributed by atoms with Crippen LogP contribution in [0.25, 0.3) is 0 Å². The molecule has 6 heteroatoms. The molecule has 0 amide bonds. The number of hydrogen-bond donors (Lipinski definition) is 2. The average molecular weight is 288 g/mol. The number of halogens is 1. The molecule has 0 radical (unpaired) electrons. The molecule has 19 heavy (non-hydrogen) atoms. The number of hydrogen-bond acceptors (Lipinski definition) is 4. The first kappa shape index (κ1) is 15.8. The van der Waals surface area contributed by atoms with E-state index in [1.807, 2.05) is 6.92 Å². The highest BCUT2D eigenvalue weighted by atomic mass is 35.5. The van der Waals surface area contributed by atoms with Crippen molar-refractivity contribution in [2.75, 3.05) is 31.2 Å². The van der Waals surface area contributed by atoms with E-state index in [4.69, 9.17) is 21.4 Å². The van der Waals surface area contributed by atoms with Crippen molar-refractivity contribution in [3.8, 4) is 0 Å². The molecule has 0 aliphatic heterocycles. The molecule has 1 unspecified atom stereocenters. The quantitative estimate of drug-likeness (QED) is 0.760. The SMILES string of the molecule is CCOCC(O)CN(CC(=O)O)c1ccc(Cl)cc1. The molecule has 0 saturated heterocycles. The van der Waals surface area contributed by atoms with Crippen molar-refractivity contribution in [1.82, 2.24) is 0 Å². The third kappa shape index (κ3) is 5.92. The number of ether oxygens (including phenoxy) is 1. The largest absolute Gasteiger partial charge is 0.480 e. The molecule has 0 fully saturated rings. The minimum absolute atomic E-state index is 0.181. The lowest BCUT2D eigenvalue weighted by Gasteiger charge is -2.25. The van der Waals surface area contributed by atoms with Gasteiger partial charge in [-0.05, 0) is 31.2 Å². The van der Waals surface area contributed by atoms with Gasteiger partial charge >= 0.3 is 5.97 Å². The van der Waals surface area contributed by atoms with E-state index in [2.05, 4.69) is 0 Å². The third-order valence-corrected chi connectivity index (χ3v) is 2.72. The molecule has 0 saturated carbocycles. The topological polar surface area (TPSA) is 70.0 Å². The molecule has 0 aromatic heterocycles. The molecule has 0 aliphatic rings. The van der Waals surface area contributed by atoms with Crippen LogP contribution in [0.15, 0.2) is 24.3 Å². The van der Waals surface area contributed by atoms with E-state index in [-0.39, 0.29) is 19.7 Å². The minimum Gasteiger partial charge on any atom is -0.480 e. The fourth-order valence-corrected chi connectivity index (χ4v) is 1.76. The Morgan fingerprint density at radius 2 is 2.05 bits per heavy atom. The van der Waals surface area contributed by atoms with E-state index in [0.717, 1.165) is 0 Å². The predicted octanol–water partition coefficient (Wildman–Crippen LogP) is 1.63. The number of carboxylic acid groups (broad SMARTS) is 1. The summed E-state index contributed by atoms with van der Waals surface area (Å²) >= 11 is 5.79. The molecule has 0 aliphatic carbocycles. The van der Waals surface area contributed by atoms with Crippen molar-refractivity contribution in [3.63, 3.8) is 0 Å². The molecule has 0 bridgehead atoms. The van der Waals surface area contributed by atoms with Gasteiger partial charge in [0.25, 0.3) is 0 Å². The average Bonchev–Trinajstić information content (AvgIpc) is 2.36.